The van der Waals surface area contributed by atoms with Crippen molar-refractivity contribution in [1.29, 1.82) is 0 Å². The average Bonchev–Trinajstić information content (AvgIpc) is 2.45. The fraction of sp³-hybridized carbons (Fsp3) is 0.471. The molecule has 2 N–H and O–H groups in total. The van der Waals surface area contributed by atoms with Gasteiger partial charge in [-0.25, -0.2) is 4.98 Å². The maximum absolute atomic E-state index is 9.38. The number of aliphatic hydroxyl groups excluding tert-OH is 1. The smallest absolute Gasteiger partial charge is 0.130 e. The van der Waals surface area contributed by atoms with Gasteiger partial charge in [0.1, 0.15) is 5.82 Å². The van der Waals surface area contributed by atoms with Gasteiger partial charge >= 0.3 is 0 Å². The predicted octanol–water partition coefficient (Wildman–Crippen LogP) is 2.48. The minimum atomic E-state index is -0.0707. The molecule has 1 heterocycles. The van der Waals surface area contributed by atoms with Crippen molar-refractivity contribution in [1.82, 2.24) is 9.88 Å². The highest BCUT2D eigenvalue weighted by atomic mass is 16.3. The number of anilines is 1. The summed E-state index contributed by atoms with van der Waals surface area (Å²) in [5, 5.41) is 13.8. The number of benzene rings is 1. The van der Waals surface area contributed by atoms with Gasteiger partial charge in [-0.3, -0.25) is 0 Å². The molecule has 0 atom stereocenters. The van der Waals surface area contributed by atoms with Crippen LogP contribution in [0.15, 0.2) is 30.3 Å². The SMILES string of the molecule is CNc1nc2ccccc2cc1CN(C)CC1CC(O)C1. The van der Waals surface area contributed by atoms with Crippen molar-refractivity contribution < 1.29 is 5.11 Å². The van der Waals surface area contributed by atoms with Crippen LogP contribution in [0.1, 0.15) is 18.4 Å². The summed E-state index contributed by atoms with van der Waals surface area (Å²) in [6.45, 7) is 1.91. The molecular formula is C17H23N3O. The first-order chi connectivity index (χ1) is 10.2. The molecule has 3 rings (SSSR count). The lowest BCUT2D eigenvalue weighted by Gasteiger charge is -2.34. The maximum Gasteiger partial charge on any atom is 0.130 e. The molecule has 0 unspecified atom stereocenters. The summed E-state index contributed by atoms with van der Waals surface area (Å²) < 4.78 is 0. The minimum absolute atomic E-state index is 0.0707. The Labute approximate surface area is 125 Å². The van der Waals surface area contributed by atoms with Gasteiger partial charge in [-0.1, -0.05) is 18.2 Å². The number of aromatic nitrogens is 1. The highest BCUT2D eigenvalue weighted by molar-refractivity contribution is 5.81. The highest BCUT2D eigenvalue weighted by Gasteiger charge is 2.27. The van der Waals surface area contributed by atoms with E-state index in [2.05, 4.69) is 29.4 Å². The first-order valence-electron chi connectivity index (χ1n) is 7.58. The first kappa shape index (κ1) is 14.3. The Morgan fingerprint density at radius 1 is 1.33 bits per heavy atom. The molecule has 0 amide bonds. The fourth-order valence-corrected chi connectivity index (χ4v) is 3.14. The number of pyridine rings is 1. The van der Waals surface area contributed by atoms with E-state index in [1.54, 1.807) is 0 Å². The van der Waals surface area contributed by atoms with Crippen LogP contribution in [0.5, 0.6) is 0 Å². The summed E-state index contributed by atoms with van der Waals surface area (Å²) >= 11 is 0. The van der Waals surface area contributed by atoms with Crippen LogP contribution in [0.2, 0.25) is 0 Å². The number of hydrogen-bond acceptors (Lipinski definition) is 4. The summed E-state index contributed by atoms with van der Waals surface area (Å²) in [6.07, 6.45) is 1.82. The van der Waals surface area contributed by atoms with Crippen LogP contribution >= 0.6 is 0 Å². The Balaban J connectivity index is 1.75. The molecule has 0 saturated heterocycles. The summed E-state index contributed by atoms with van der Waals surface area (Å²) in [5.41, 5.74) is 2.24. The van der Waals surface area contributed by atoms with Crippen molar-refractivity contribution in [2.45, 2.75) is 25.5 Å². The largest absolute Gasteiger partial charge is 0.393 e. The summed E-state index contributed by atoms with van der Waals surface area (Å²) in [5.74, 6) is 1.59. The van der Waals surface area contributed by atoms with Crippen LogP contribution in [0.3, 0.4) is 0 Å². The predicted molar refractivity (Wildman–Crippen MR) is 86.4 cm³/mol. The monoisotopic (exact) mass is 285 g/mol. The van der Waals surface area contributed by atoms with Gasteiger partial charge < -0.3 is 15.3 Å². The van der Waals surface area contributed by atoms with Gasteiger partial charge in [0, 0.05) is 31.1 Å². The molecule has 1 aliphatic carbocycles. The molecule has 1 saturated carbocycles. The molecule has 4 heteroatoms. The van der Waals surface area contributed by atoms with Crippen molar-refractivity contribution in [2.75, 3.05) is 26.0 Å². The van der Waals surface area contributed by atoms with Crippen LogP contribution in [-0.2, 0) is 6.54 Å². The van der Waals surface area contributed by atoms with Gasteiger partial charge in [-0.05, 0) is 37.9 Å². The Morgan fingerprint density at radius 2 is 2.10 bits per heavy atom. The first-order valence-corrected chi connectivity index (χ1v) is 7.58. The molecule has 4 nitrogen and oxygen atoms in total. The Bertz CT molecular complexity index is 622. The average molecular weight is 285 g/mol. The zero-order chi connectivity index (χ0) is 14.8. The quantitative estimate of drug-likeness (QED) is 0.886. The van der Waals surface area contributed by atoms with Gasteiger partial charge in [0.25, 0.3) is 0 Å². The molecule has 112 valence electrons. The number of nitrogens with zero attached hydrogens (tertiary/aromatic N) is 2. The molecule has 1 aromatic heterocycles. The normalized spacial score (nSPS) is 21.5. The van der Waals surface area contributed by atoms with Crippen LogP contribution < -0.4 is 5.32 Å². The third-order valence-corrected chi connectivity index (χ3v) is 4.26. The van der Waals surface area contributed by atoms with Crippen molar-refractivity contribution in [3.05, 3.63) is 35.9 Å². The molecule has 0 spiro atoms. The second kappa shape index (κ2) is 6.00. The zero-order valence-corrected chi connectivity index (χ0v) is 12.7. The van der Waals surface area contributed by atoms with E-state index in [0.29, 0.717) is 5.92 Å². The number of hydrogen-bond donors (Lipinski definition) is 2. The fourth-order valence-electron chi connectivity index (χ4n) is 3.14. The molecular weight excluding hydrogens is 262 g/mol. The lowest BCUT2D eigenvalue weighted by molar-refractivity contribution is 0.0274. The Hall–Kier alpha value is -1.65. The second-order valence-corrected chi connectivity index (χ2v) is 6.13. The molecule has 1 aliphatic rings. The molecule has 21 heavy (non-hydrogen) atoms. The molecule has 2 aromatic rings. The van der Waals surface area contributed by atoms with Gasteiger partial charge in [0.2, 0.25) is 0 Å². The zero-order valence-electron chi connectivity index (χ0n) is 12.7. The van der Waals surface area contributed by atoms with Crippen LogP contribution in [0.4, 0.5) is 5.82 Å². The van der Waals surface area contributed by atoms with Crippen LogP contribution in [0, 0.1) is 5.92 Å². The van der Waals surface area contributed by atoms with E-state index >= 15 is 0 Å². The Kier molecular flexibility index (Phi) is 4.08. The topological polar surface area (TPSA) is 48.4 Å². The van der Waals surface area contributed by atoms with E-state index in [-0.39, 0.29) is 6.10 Å². The number of nitrogens with one attached hydrogen (secondary N) is 1. The third-order valence-electron chi connectivity index (χ3n) is 4.26. The Morgan fingerprint density at radius 3 is 2.81 bits per heavy atom. The lowest BCUT2D eigenvalue weighted by atomic mass is 9.82. The van der Waals surface area contributed by atoms with Gasteiger partial charge in [-0.2, -0.15) is 0 Å². The summed E-state index contributed by atoms with van der Waals surface area (Å²) in [7, 11) is 4.06. The number of aliphatic hydroxyl groups is 1. The van der Waals surface area contributed by atoms with E-state index in [1.807, 2.05) is 25.2 Å². The van der Waals surface area contributed by atoms with Gasteiger partial charge in [0.15, 0.2) is 0 Å². The van der Waals surface area contributed by atoms with E-state index in [1.165, 1.54) is 10.9 Å². The second-order valence-electron chi connectivity index (χ2n) is 6.13. The van der Waals surface area contributed by atoms with Crippen LogP contribution in [0.25, 0.3) is 10.9 Å². The van der Waals surface area contributed by atoms with Gasteiger partial charge in [0.05, 0.1) is 11.6 Å². The molecule has 0 aliphatic heterocycles. The van der Waals surface area contributed by atoms with Crippen molar-refractivity contribution in [2.24, 2.45) is 5.92 Å². The van der Waals surface area contributed by atoms with Gasteiger partial charge in [-0.15, -0.1) is 0 Å². The lowest BCUT2D eigenvalue weighted by Crippen LogP contribution is -2.36. The van der Waals surface area contributed by atoms with E-state index in [9.17, 15) is 5.11 Å². The molecule has 0 bridgehead atoms. The van der Waals surface area contributed by atoms with Crippen molar-refractivity contribution in [3.63, 3.8) is 0 Å². The minimum Gasteiger partial charge on any atom is -0.393 e. The van der Waals surface area contributed by atoms with E-state index in [4.69, 9.17) is 4.98 Å². The molecule has 0 radical (unpaired) electrons. The standard InChI is InChI=1S/C17H23N3O/c1-18-17-14(9-13-5-3-4-6-16(13)19-17)11-20(2)10-12-7-15(21)8-12/h3-6,9,12,15,21H,7-8,10-11H2,1-2H3,(H,18,19). The summed E-state index contributed by atoms with van der Waals surface area (Å²) in [6, 6.07) is 10.4. The maximum atomic E-state index is 9.38. The molecule has 1 fully saturated rings. The number of para-hydroxylation sites is 1. The number of rotatable bonds is 5. The molecule has 1 aromatic carbocycles. The van der Waals surface area contributed by atoms with E-state index in [0.717, 1.165) is 37.3 Å². The summed E-state index contributed by atoms with van der Waals surface area (Å²) in [4.78, 5) is 7.02. The van der Waals surface area contributed by atoms with Crippen LogP contribution in [-0.4, -0.2) is 41.7 Å². The third kappa shape index (κ3) is 3.17. The van der Waals surface area contributed by atoms with Crippen molar-refractivity contribution in [3.8, 4) is 0 Å². The van der Waals surface area contributed by atoms with Crippen molar-refractivity contribution >= 4 is 16.7 Å². The highest BCUT2D eigenvalue weighted by Crippen LogP contribution is 2.28. The number of fused-ring (bicyclic) bond motifs is 1. The van der Waals surface area contributed by atoms with E-state index < -0.39 is 0 Å².